The van der Waals surface area contributed by atoms with Crippen LogP contribution in [0.25, 0.3) is 0 Å². The fourth-order valence-corrected chi connectivity index (χ4v) is 2.34. The minimum absolute atomic E-state index is 0.457. The monoisotopic (exact) mass is 238 g/mol. The van der Waals surface area contributed by atoms with Crippen LogP contribution in [0.15, 0.2) is 6.07 Å². The van der Waals surface area contributed by atoms with E-state index in [1.165, 1.54) is 12.8 Å². The van der Waals surface area contributed by atoms with Gasteiger partial charge in [0.25, 0.3) is 0 Å². The molecule has 0 aliphatic heterocycles. The molecule has 4 nitrogen and oxygen atoms in total. The van der Waals surface area contributed by atoms with Gasteiger partial charge in [-0.2, -0.15) is 16.7 Å². The topological polar surface area (TPSA) is 49.8 Å². The highest BCUT2D eigenvalue weighted by Crippen LogP contribution is 2.46. The molecule has 0 saturated heterocycles. The van der Waals surface area contributed by atoms with E-state index in [1.807, 2.05) is 31.8 Å². The lowest BCUT2D eigenvalue weighted by molar-refractivity contribution is 0.935. The van der Waals surface area contributed by atoms with Gasteiger partial charge in [0.1, 0.15) is 5.82 Å². The first kappa shape index (κ1) is 11.5. The average molecular weight is 238 g/mol. The number of nitrogens with one attached hydrogen (secondary N) is 2. The van der Waals surface area contributed by atoms with Crippen LogP contribution in [0, 0.1) is 6.92 Å². The highest BCUT2D eigenvalue weighted by Gasteiger charge is 2.41. The Morgan fingerprint density at radius 3 is 2.75 bits per heavy atom. The van der Waals surface area contributed by atoms with Crippen LogP contribution in [0.1, 0.15) is 18.5 Å². The second-order valence-electron chi connectivity index (χ2n) is 4.21. The molecule has 0 aromatic carbocycles. The van der Waals surface area contributed by atoms with Crippen molar-refractivity contribution in [1.29, 1.82) is 0 Å². The molecule has 1 aromatic heterocycles. The van der Waals surface area contributed by atoms with Crippen molar-refractivity contribution in [2.75, 3.05) is 30.5 Å². The molecule has 0 radical (unpaired) electrons. The number of hydrogen-bond donors (Lipinski definition) is 2. The summed E-state index contributed by atoms with van der Waals surface area (Å²) < 4.78 is 0.457. The largest absolute Gasteiger partial charge is 0.369 e. The van der Waals surface area contributed by atoms with Crippen molar-refractivity contribution in [3.05, 3.63) is 11.8 Å². The summed E-state index contributed by atoms with van der Waals surface area (Å²) in [6.45, 7) is 2.98. The normalized spacial score (nSPS) is 16.9. The van der Waals surface area contributed by atoms with E-state index in [1.54, 1.807) is 0 Å². The maximum Gasteiger partial charge on any atom is 0.224 e. The molecule has 1 saturated carbocycles. The van der Waals surface area contributed by atoms with Gasteiger partial charge in [0.05, 0.1) is 0 Å². The highest BCUT2D eigenvalue weighted by atomic mass is 32.2. The fourth-order valence-electron chi connectivity index (χ4n) is 1.62. The third-order valence-electron chi connectivity index (χ3n) is 2.91. The van der Waals surface area contributed by atoms with Crippen molar-refractivity contribution in [3.63, 3.8) is 0 Å². The number of aromatic nitrogens is 2. The van der Waals surface area contributed by atoms with Crippen LogP contribution in [-0.2, 0) is 0 Å². The molecule has 0 amide bonds. The Hall–Kier alpha value is -0.970. The Morgan fingerprint density at radius 1 is 1.44 bits per heavy atom. The van der Waals surface area contributed by atoms with Crippen molar-refractivity contribution in [2.24, 2.45) is 0 Å². The zero-order valence-electron chi connectivity index (χ0n) is 10.0. The zero-order valence-corrected chi connectivity index (χ0v) is 10.8. The number of anilines is 2. The van der Waals surface area contributed by atoms with Crippen molar-refractivity contribution in [3.8, 4) is 0 Å². The number of thioether (sulfide) groups is 1. The molecule has 0 bridgehead atoms. The summed E-state index contributed by atoms with van der Waals surface area (Å²) >= 11 is 1.95. The van der Waals surface area contributed by atoms with Crippen molar-refractivity contribution in [2.45, 2.75) is 24.5 Å². The molecule has 5 heteroatoms. The second-order valence-corrected chi connectivity index (χ2v) is 5.48. The minimum Gasteiger partial charge on any atom is -0.369 e. The molecule has 1 fully saturated rings. The van der Waals surface area contributed by atoms with Crippen LogP contribution < -0.4 is 10.6 Å². The van der Waals surface area contributed by atoms with E-state index in [2.05, 4.69) is 26.9 Å². The van der Waals surface area contributed by atoms with E-state index in [0.717, 1.165) is 18.1 Å². The Bertz CT molecular complexity index is 376. The molecular weight excluding hydrogens is 220 g/mol. The van der Waals surface area contributed by atoms with Gasteiger partial charge in [-0.3, -0.25) is 0 Å². The summed E-state index contributed by atoms with van der Waals surface area (Å²) in [5.74, 6) is 1.59. The first-order valence-electron chi connectivity index (χ1n) is 5.50. The van der Waals surface area contributed by atoms with E-state index >= 15 is 0 Å². The molecule has 16 heavy (non-hydrogen) atoms. The second kappa shape index (κ2) is 4.49. The van der Waals surface area contributed by atoms with Gasteiger partial charge in [0.15, 0.2) is 0 Å². The van der Waals surface area contributed by atoms with E-state index in [4.69, 9.17) is 0 Å². The molecule has 1 aliphatic rings. The standard InChI is InChI=1S/C11H18N4S/c1-8-6-9(15-10(12-2)14-8)13-7-11(16-3)4-5-11/h6H,4-5,7H2,1-3H3,(H2,12,13,14,15). The van der Waals surface area contributed by atoms with Crippen LogP contribution in [0.2, 0.25) is 0 Å². The van der Waals surface area contributed by atoms with Crippen LogP contribution in [0.4, 0.5) is 11.8 Å². The summed E-state index contributed by atoms with van der Waals surface area (Å²) in [6.07, 6.45) is 4.80. The van der Waals surface area contributed by atoms with Crippen LogP contribution >= 0.6 is 11.8 Å². The molecule has 1 aliphatic carbocycles. The number of rotatable bonds is 5. The minimum atomic E-state index is 0.457. The van der Waals surface area contributed by atoms with E-state index < -0.39 is 0 Å². The lowest BCUT2D eigenvalue weighted by Gasteiger charge is -2.14. The van der Waals surface area contributed by atoms with E-state index in [9.17, 15) is 0 Å². The SMILES string of the molecule is CNc1nc(C)cc(NCC2(SC)CC2)n1. The molecule has 0 unspecified atom stereocenters. The molecule has 2 rings (SSSR count). The maximum atomic E-state index is 4.37. The van der Waals surface area contributed by atoms with Crippen molar-refractivity contribution in [1.82, 2.24) is 9.97 Å². The predicted molar refractivity (Wildman–Crippen MR) is 70.3 cm³/mol. The van der Waals surface area contributed by atoms with Gasteiger partial charge in [-0.15, -0.1) is 0 Å². The van der Waals surface area contributed by atoms with Crippen molar-refractivity contribution < 1.29 is 0 Å². The zero-order chi connectivity index (χ0) is 11.6. The average Bonchev–Trinajstić information content (AvgIpc) is 3.06. The van der Waals surface area contributed by atoms with E-state index in [0.29, 0.717) is 10.7 Å². The Balaban J connectivity index is 2.01. The van der Waals surface area contributed by atoms with Gasteiger partial charge in [-0.05, 0) is 26.0 Å². The van der Waals surface area contributed by atoms with Gasteiger partial charge < -0.3 is 10.6 Å². The molecule has 0 spiro atoms. The summed E-state index contributed by atoms with van der Waals surface area (Å²) in [5, 5.41) is 6.37. The molecule has 0 atom stereocenters. The van der Waals surface area contributed by atoms with Gasteiger partial charge in [0, 0.05) is 30.1 Å². The van der Waals surface area contributed by atoms with Gasteiger partial charge >= 0.3 is 0 Å². The third-order valence-corrected chi connectivity index (χ3v) is 4.33. The third kappa shape index (κ3) is 2.58. The highest BCUT2D eigenvalue weighted by molar-refractivity contribution is 8.00. The Labute approximate surface area is 101 Å². The van der Waals surface area contributed by atoms with Crippen LogP contribution in [0.3, 0.4) is 0 Å². The van der Waals surface area contributed by atoms with Gasteiger partial charge in [-0.25, -0.2) is 4.98 Å². The lowest BCUT2D eigenvalue weighted by Crippen LogP contribution is -2.18. The number of nitrogens with zero attached hydrogens (tertiary/aromatic N) is 2. The van der Waals surface area contributed by atoms with Gasteiger partial charge in [0.2, 0.25) is 5.95 Å². The van der Waals surface area contributed by atoms with E-state index in [-0.39, 0.29) is 0 Å². The fraction of sp³-hybridized carbons (Fsp3) is 0.636. The predicted octanol–water partition coefficient (Wildman–Crippen LogP) is 2.13. The first-order valence-corrected chi connectivity index (χ1v) is 6.72. The molecule has 88 valence electrons. The van der Waals surface area contributed by atoms with Crippen LogP contribution in [-0.4, -0.2) is 34.6 Å². The molecular formula is C11H18N4S. The summed E-state index contributed by atoms with van der Waals surface area (Å²) in [7, 11) is 1.84. The quantitative estimate of drug-likeness (QED) is 0.823. The first-order chi connectivity index (χ1) is 7.67. The molecule has 2 N–H and O–H groups in total. The number of aryl methyl sites for hydroxylation is 1. The van der Waals surface area contributed by atoms with Crippen LogP contribution in [0.5, 0.6) is 0 Å². The smallest absolute Gasteiger partial charge is 0.224 e. The lowest BCUT2D eigenvalue weighted by atomic mass is 10.4. The maximum absolute atomic E-state index is 4.37. The Morgan fingerprint density at radius 2 is 2.19 bits per heavy atom. The van der Waals surface area contributed by atoms with Crippen molar-refractivity contribution >= 4 is 23.5 Å². The van der Waals surface area contributed by atoms with Gasteiger partial charge in [-0.1, -0.05) is 0 Å². The molecule has 1 heterocycles. The Kier molecular flexibility index (Phi) is 3.23. The summed E-state index contributed by atoms with van der Waals surface area (Å²) in [5.41, 5.74) is 0.982. The summed E-state index contributed by atoms with van der Waals surface area (Å²) in [6, 6.07) is 1.98. The molecule has 1 aromatic rings. The summed E-state index contributed by atoms with van der Waals surface area (Å²) in [4.78, 5) is 8.64. The number of hydrogen-bond acceptors (Lipinski definition) is 5.